The summed E-state index contributed by atoms with van der Waals surface area (Å²) in [5.41, 5.74) is 0. The summed E-state index contributed by atoms with van der Waals surface area (Å²) >= 11 is 5.59. The number of halogens is 1. The normalized spacial score (nSPS) is 15.9. The number of carbonyl (C=O) groups excluding carboxylic acids is 2. The van der Waals surface area contributed by atoms with Gasteiger partial charge in [-0.1, -0.05) is 19.3 Å². The summed E-state index contributed by atoms with van der Waals surface area (Å²) in [6, 6.07) is 0.357. The van der Waals surface area contributed by atoms with Crippen LogP contribution in [-0.2, 0) is 9.59 Å². The molecule has 1 saturated carbocycles. The van der Waals surface area contributed by atoms with E-state index in [-0.39, 0.29) is 18.4 Å². The van der Waals surface area contributed by atoms with Crippen LogP contribution in [0.1, 0.15) is 51.4 Å². The molecule has 0 atom stereocenters. The maximum Gasteiger partial charge on any atom is 0.242 e. The van der Waals surface area contributed by atoms with Crippen LogP contribution in [-0.4, -0.2) is 54.2 Å². The van der Waals surface area contributed by atoms with Crippen LogP contribution in [0.3, 0.4) is 0 Å². The first-order valence-electron chi connectivity index (χ1n) is 7.62. The van der Waals surface area contributed by atoms with Crippen molar-refractivity contribution in [2.45, 2.75) is 57.4 Å². The van der Waals surface area contributed by atoms with Gasteiger partial charge >= 0.3 is 0 Å². The Kier molecular flexibility index (Phi) is 7.97. The lowest BCUT2D eigenvalue weighted by Crippen LogP contribution is -2.44. The minimum atomic E-state index is 0.0283. The molecule has 116 valence electrons. The SMILES string of the molecule is CN(CC(=O)N(C)C1CCCCC1)C(=O)CCCCCl. The highest BCUT2D eigenvalue weighted by atomic mass is 35.5. The number of unbranched alkanes of at least 4 members (excludes halogenated alkanes) is 1. The number of alkyl halides is 1. The Hall–Kier alpha value is -0.770. The third-order valence-electron chi connectivity index (χ3n) is 4.09. The van der Waals surface area contributed by atoms with Crippen molar-refractivity contribution in [1.29, 1.82) is 0 Å². The third-order valence-corrected chi connectivity index (χ3v) is 4.36. The van der Waals surface area contributed by atoms with Gasteiger partial charge in [-0.05, 0) is 25.7 Å². The first-order valence-corrected chi connectivity index (χ1v) is 8.15. The number of hydrogen-bond donors (Lipinski definition) is 0. The molecule has 0 aliphatic heterocycles. The van der Waals surface area contributed by atoms with Crippen molar-refractivity contribution in [3.8, 4) is 0 Å². The quantitative estimate of drug-likeness (QED) is 0.536. The van der Waals surface area contributed by atoms with Crippen molar-refractivity contribution in [3.63, 3.8) is 0 Å². The van der Waals surface area contributed by atoms with E-state index in [2.05, 4.69) is 0 Å². The monoisotopic (exact) mass is 302 g/mol. The Labute approximate surface area is 127 Å². The molecule has 0 N–H and O–H groups in total. The topological polar surface area (TPSA) is 40.6 Å². The zero-order valence-corrected chi connectivity index (χ0v) is 13.5. The first-order chi connectivity index (χ1) is 9.56. The molecule has 5 heteroatoms. The Morgan fingerprint density at radius 3 is 2.30 bits per heavy atom. The molecule has 2 amide bonds. The molecule has 1 rings (SSSR count). The molecule has 0 heterocycles. The fraction of sp³-hybridized carbons (Fsp3) is 0.867. The van der Waals surface area contributed by atoms with E-state index in [1.165, 1.54) is 24.2 Å². The molecule has 1 aliphatic rings. The van der Waals surface area contributed by atoms with Crippen LogP contribution in [0, 0.1) is 0 Å². The summed E-state index contributed by atoms with van der Waals surface area (Å²) in [7, 11) is 3.57. The highest BCUT2D eigenvalue weighted by Gasteiger charge is 2.23. The van der Waals surface area contributed by atoms with Gasteiger partial charge in [0.25, 0.3) is 0 Å². The number of amides is 2. The number of likely N-dealkylation sites (N-methyl/N-ethyl adjacent to an activating group) is 2. The van der Waals surface area contributed by atoms with Crippen LogP contribution in [0.4, 0.5) is 0 Å². The van der Waals surface area contributed by atoms with Crippen molar-refractivity contribution in [3.05, 3.63) is 0 Å². The van der Waals surface area contributed by atoms with Crippen LogP contribution in [0.2, 0.25) is 0 Å². The van der Waals surface area contributed by atoms with Crippen molar-refractivity contribution < 1.29 is 9.59 Å². The number of rotatable bonds is 7. The maximum absolute atomic E-state index is 12.2. The number of carbonyl (C=O) groups is 2. The fourth-order valence-electron chi connectivity index (χ4n) is 2.64. The zero-order chi connectivity index (χ0) is 15.0. The van der Waals surface area contributed by atoms with E-state index >= 15 is 0 Å². The smallest absolute Gasteiger partial charge is 0.242 e. The molecule has 0 spiro atoms. The Balaban J connectivity index is 2.33. The van der Waals surface area contributed by atoms with Gasteiger partial charge in [0.1, 0.15) is 0 Å². The molecular weight excluding hydrogens is 276 g/mol. The van der Waals surface area contributed by atoms with Gasteiger partial charge in [-0.3, -0.25) is 9.59 Å². The molecule has 0 saturated heterocycles. The summed E-state index contributed by atoms with van der Waals surface area (Å²) in [6.45, 7) is 0.187. The highest BCUT2D eigenvalue weighted by molar-refractivity contribution is 6.17. The standard InChI is InChI=1S/C15H27ClN2O2/c1-17(14(19)10-6-7-11-16)12-15(20)18(2)13-8-4-3-5-9-13/h13H,3-12H2,1-2H3. The van der Waals surface area contributed by atoms with E-state index in [1.54, 1.807) is 7.05 Å². The summed E-state index contributed by atoms with van der Waals surface area (Å²) < 4.78 is 0. The largest absolute Gasteiger partial charge is 0.341 e. The second-order valence-corrected chi connectivity index (χ2v) is 6.07. The van der Waals surface area contributed by atoms with Gasteiger partial charge in [0.2, 0.25) is 11.8 Å². The first kappa shape index (κ1) is 17.3. The van der Waals surface area contributed by atoms with Crippen LogP contribution < -0.4 is 0 Å². The zero-order valence-electron chi connectivity index (χ0n) is 12.7. The van der Waals surface area contributed by atoms with Crippen molar-refractivity contribution in [2.24, 2.45) is 0 Å². The molecule has 0 unspecified atom stereocenters. The fourth-order valence-corrected chi connectivity index (χ4v) is 2.83. The Morgan fingerprint density at radius 2 is 1.70 bits per heavy atom. The highest BCUT2D eigenvalue weighted by Crippen LogP contribution is 2.21. The van der Waals surface area contributed by atoms with Gasteiger partial charge in [-0.25, -0.2) is 0 Å². The van der Waals surface area contributed by atoms with Crippen LogP contribution in [0.15, 0.2) is 0 Å². The van der Waals surface area contributed by atoms with Crippen LogP contribution >= 0.6 is 11.6 Å². The Bertz CT molecular complexity index is 317. The number of hydrogen-bond acceptors (Lipinski definition) is 2. The lowest BCUT2D eigenvalue weighted by Gasteiger charge is -2.32. The second kappa shape index (κ2) is 9.22. The molecule has 0 aromatic rings. The molecule has 1 aliphatic carbocycles. The summed E-state index contributed by atoms with van der Waals surface area (Å²) in [4.78, 5) is 27.4. The van der Waals surface area contributed by atoms with Gasteiger partial charge in [-0.15, -0.1) is 11.6 Å². The van der Waals surface area contributed by atoms with Gasteiger partial charge in [-0.2, -0.15) is 0 Å². The minimum absolute atomic E-state index is 0.0283. The van der Waals surface area contributed by atoms with E-state index in [4.69, 9.17) is 11.6 Å². The lowest BCUT2D eigenvalue weighted by molar-refractivity contribution is -0.140. The van der Waals surface area contributed by atoms with Crippen molar-refractivity contribution >= 4 is 23.4 Å². The molecule has 4 nitrogen and oxygen atoms in total. The molecule has 0 aromatic carbocycles. The van der Waals surface area contributed by atoms with Gasteiger partial charge in [0.05, 0.1) is 6.54 Å². The molecule has 0 bridgehead atoms. The summed E-state index contributed by atoms with van der Waals surface area (Å²) in [6.07, 6.45) is 7.98. The molecule has 1 fully saturated rings. The molecular formula is C15H27ClN2O2. The van der Waals surface area contributed by atoms with E-state index in [1.807, 2.05) is 11.9 Å². The van der Waals surface area contributed by atoms with E-state index in [0.717, 1.165) is 25.7 Å². The van der Waals surface area contributed by atoms with Gasteiger partial charge in [0.15, 0.2) is 0 Å². The van der Waals surface area contributed by atoms with Gasteiger partial charge in [0, 0.05) is 32.4 Å². The number of nitrogens with zero attached hydrogens (tertiary/aromatic N) is 2. The predicted octanol–water partition coefficient (Wildman–Crippen LogP) is 2.65. The average molecular weight is 303 g/mol. The van der Waals surface area contributed by atoms with E-state index in [9.17, 15) is 9.59 Å². The lowest BCUT2D eigenvalue weighted by atomic mass is 9.94. The van der Waals surface area contributed by atoms with Crippen molar-refractivity contribution in [2.75, 3.05) is 26.5 Å². The molecule has 20 heavy (non-hydrogen) atoms. The third kappa shape index (κ3) is 5.70. The van der Waals surface area contributed by atoms with Crippen LogP contribution in [0.5, 0.6) is 0 Å². The van der Waals surface area contributed by atoms with Crippen LogP contribution in [0.25, 0.3) is 0 Å². The van der Waals surface area contributed by atoms with Crippen molar-refractivity contribution in [1.82, 2.24) is 9.80 Å². The van der Waals surface area contributed by atoms with E-state index in [0.29, 0.717) is 18.3 Å². The second-order valence-electron chi connectivity index (χ2n) is 5.69. The predicted molar refractivity (Wildman–Crippen MR) is 81.9 cm³/mol. The average Bonchev–Trinajstić information content (AvgIpc) is 2.47. The minimum Gasteiger partial charge on any atom is -0.341 e. The summed E-state index contributed by atoms with van der Waals surface area (Å²) in [5, 5.41) is 0. The maximum atomic E-state index is 12.2. The summed E-state index contributed by atoms with van der Waals surface area (Å²) in [5.74, 6) is 0.658. The molecule has 0 aromatic heterocycles. The molecule has 0 radical (unpaired) electrons. The van der Waals surface area contributed by atoms with E-state index < -0.39 is 0 Å². The Morgan fingerprint density at radius 1 is 1.05 bits per heavy atom. The van der Waals surface area contributed by atoms with Gasteiger partial charge < -0.3 is 9.80 Å².